The predicted octanol–water partition coefficient (Wildman–Crippen LogP) is 12.3. The molecular weight excluding hydrogens is 659 g/mol. The Morgan fingerprint density at radius 3 is 1.52 bits per heavy atom. The van der Waals surface area contributed by atoms with Crippen molar-refractivity contribution in [3.8, 4) is 28.5 Å². The Morgan fingerprint density at radius 2 is 0.907 bits per heavy atom. The molecule has 0 saturated carbocycles. The molecule has 0 atom stereocenters. The number of fused-ring (bicyclic) bond motifs is 10. The van der Waals surface area contributed by atoms with Gasteiger partial charge in [-0.05, 0) is 67.9 Å². The molecule has 11 aromatic rings. The smallest absolute Gasteiger partial charge is 0.145 e. The molecule has 256 valence electrons. The van der Waals surface area contributed by atoms with E-state index in [0.29, 0.717) is 0 Å². The molecule has 0 N–H and O–H groups in total. The average Bonchev–Trinajstić information content (AvgIpc) is 3.87. The van der Waals surface area contributed by atoms with E-state index in [2.05, 4.69) is 184 Å². The molecule has 0 radical (unpaired) electrons. The lowest BCUT2D eigenvalue weighted by Crippen LogP contribution is -2.09. The normalized spacial score (nSPS) is 12.0. The Morgan fingerprint density at radius 1 is 0.426 bits per heavy atom. The molecule has 54 heavy (non-hydrogen) atoms. The van der Waals surface area contributed by atoms with Crippen molar-refractivity contribution in [2.45, 2.75) is 20.3 Å². The zero-order valence-corrected chi connectivity index (χ0v) is 30.0. The van der Waals surface area contributed by atoms with Gasteiger partial charge in [0.15, 0.2) is 0 Å². The first-order valence-electron chi connectivity index (χ1n) is 18.7. The molecule has 0 aliphatic rings. The highest BCUT2D eigenvalue weighted by molar-refractivity contribution is 6.24. The summed E-state index contributed by atoms with van der Waals surface area (Å²) in [5, 5.41) is 7.28. The van der Waals surface area contributed by atoms with Crippen LogP contribution in [0.3, 0.4) is 0 Å². The molecule has 11 rings (SSSR count). The third-order valence-electron chi connectivity index (χ3n) is 11.1. The second-order valence-electron chi connectivity index (χ2n) is 14.1. The van der Waals surface area contributed by atoms with Crippen LogP contribution in [0.1, 0.15) is 18.3 Å². The Labute approximate surface area is 312 Å². The fraction of sp³-hybridized carbons (Fsp3) is 0.0612. The van der Waals surface area contributed by atoms with Crippen molar-refractivity contribution in [1.82, 2.24) is 23.7 Å². The van der Waals surface area contributed by atoms with Gasteiger partial charge in [-0.3, -0.25) is 4.57 Å². The van der Waals surface area contributed by atoms with Crippen LogP contribution in [0.4, 0.5) is 0 Å². The van der Waals surface area contributed by atoms with E-state index < -0.39 is 0 Å². The highest BCUT2D eigenvalue weighted by Crippen LogP contribution is 2.43. The largest absolute Gasteiger partial charge is 0.309 e. The van der Waals surface area contributed by atoms with Gasteiger partial charge in [-0.15, -0.1) is 0 Å². The van der Waals surface area contributed by atoms with Gasteiger partial charge in [-0.1, -0.05) is 116 Å². The van der Waals surface area contributed by atoms with Crippen LogP contribution >= 0.6 is 0 Å². The zero-order chi connectivity index (χ0) is 35.9. The molecule has 7 aromatic carbocycles. The highest BCUT2D eigenvalue weighted by atomic mass is 15.1. The van der Waals surface area contributed by atoms with Gasteiger partial charge < -0.3 is 9.13 Å². The van der Waals surface area contributed by atoms with Crippen molar-refractivity contribution in [1.29, 1.82) is 0 Å². The van der Waals surface area contributed by atoms with Crippen molar-refractivity contribution in [3.05, 3.63) is 175 Å². The van der Waals surface area contributed by atoms with Crippen molar-refractivity contribution >= 4 is 65.4 Å². The fourth-order valence-electron chi connectivity index (χ4n) is 8.87. The van der Waals surface area contributed by atoms with Gasteiger partial charge >= 0.3 is 0 Å². The van der Waals surface area contributed by atoms with E-state index in [9.17, 15) is 0 Å². The molecule has 0 bridgehead atoms. The summed E-state index contributed by atoms with van der Waals surface area (Å²) in [5.41, 5.74) is 12.5. The molecule has 5 nitrogen and oxygen atoms in total. The maximum absolute atomic E-state index is 5.33. The standard InChI is InChI=1S/C49H35N5/c1-3-35-46(32-26-29-45-41(30-32)38-22-12-13-23-42(38)52(45)33-16-6-4-7-17-33)50-31(2)51-49(35)54-44-25-15-11-21-37(44)40-28-27-39-36-20-10-14-24-43(36)53(47(39)48(40)54)34-18-8-5-9-19-34/h4-30H,3H2,1-2H3. The summed E-state index contributed by atoms with van der Waals surface area (Å²) in [4.78, 5) is 10.6. The Hall–Kier alpha value is -6.98. The SMILES string of the molecule is CCc1c(-c2ccc3c(c2)c2ccccc2n3-c2ccccc2)nc(C)nc1-n1c2ccccc2c2ccc3c4ccccc4n(-c4ccccc4)c3c21. The van der Waals surface area contributed by atoms with E-state index in [4.69, 9.17) is 9.97 Å². The van der Waals surface area contributed by atoms with Crippen molar-refractivity contribution in [3.63, 3.8) is 0 Å². The molecular formula is C49H35N5. The molecule has 0 aliphatic carbocycles. The third-order valence-corrected chi connectivity index (χ3v) is 11.1. The second kappa shape index (κ2) is 11.8. The van der Waals surface area contributed by atoms with Crippen LogP contribution < -0.4 is 0 Å². The van der Waals surface area contributed by atoms with Crippen LogP contribution in [0.25, 0.3) is 93.9 Å². The molecule has 0 fully saturated rings. The maximum atomic E-state index is 5.33. The molecule has 5 heteroatoms. The fourth-order valence-corrected chi connectivity index (χ4v) is 8.87. The first kappa shape index (κ1) is 30.6. The number of para-hydroxylation sites is 5. The number of benzene rings is 7. The number of nitrogens with zero attached hydrogens (tertiary/aromatic N) is 5. The maximum Gasteiger partial charge on any atom is 0.145 e. The molecule has 0 amide bonds. The lowest BCUT2D eigenvalue weighted by Gasteiger charge is -2.17. The average molecular weight is 694 g/mol. The summed E-state index contributed by atoms with van der Waals surface area (Å²) in [6, 6.07) is 59.0. The molecule has 4 heterocycles. The minimum atomic E-state index is 0.741. The van der Waals surface area contributed by atoms with Crippen LogP contribution in [-0.2, 0) is 6.42 Å². The minimum absolute atomic E-state index is 0.741. The lowest BCUT2D eigenvalue weighted by atomic mass is 10.0. The first-order valence-corrected chi connectivity index (χ1v) is 18.7. The van der Waals surface area contributed by atoms with E-state index in [-0.39, 0.29) is 0 Å². The van der Waals surface area contributed by atoms with Gasteiger partial charge in [-0.2, -0.15) is 0 Å². The topological polar surface area (TPSA) is 40.6 Å². The monoisotopic (exact) mass is 693 g/mol. The van der Waals surface area contributed by atoms with Gasteiger partial charge in [0.25, 0.3) is 0 Å². The van der Waals surface area contributed by atoms with Gasteiger partial charge in [0.05, 0.1) is 38.8 Å². The summed E-state index contributed by atoms with van der Waals surface area (Å²) in [6.07, 6.45) is 0.764. The van der Waals surface area contributed by atoms with Crippen LogP contribution in [-0.4, -0.2) is 23.7 Å². The summed E-state index contributed by atoms with van der Waals surface area (Å²) >= 11 is 0. The van der Waals surface area contributed by atoms with Crippen LogP contribution in [0, 0.1) is 6.92 Å². The third kappa shape index (κ3) is 4.33. The predicted molar refractivity (Wildman–Crippen MR) is 225 cm³/mol. The Balaban J connectivity index is 1.24. The number of aromatic nitrogens is 5. The molecule has 0 spiro atoms. The zero-order valence-electron chi connectivity index (χ0n) is 30.0. The van der Waals surface area contributed by atoms with Gasteiger partial charge in [0.1, 0.15) is 11.6 Å². The van der Waals surface area contributed by atoms with Crippen LogP contribution in [0.2, 0.25) is 0 Å². The summed E-state index contributed by atoms with van der Waals surface area (Å²) < 4.78 is 7.21. The molecule has 4 aromatic heterocycles. The lowest BCUT2D eigenvalue weighted by molar-refractivity contribution is 0.933. The summed E-state index contributed by atoms with van der Waals surface area (Å²) in [6.45, 7) is 4.25. The van der Waals surface area contributed by atoms with E-state index >= 15 is 0 Å². The molecule has 0 unspecified atom stereocenters. The number of rotatable bonds is 5. The van der Waals surface area contributed by atoms with Crippen LogP contribution in [0.5, 0.6) is 0 Å². The highest BCUT2D eigenvalue weighted by Gasteiger charge is 2.25. The Kier molecular flexibility index (Phi) is 6.68. The van der Waals surface area contributed by atoms with E-state index in [1.807, 2.05) is 6.92 Å². The molecule has 0 aliphatic heterocycles. The van der Waals surface area contributed by atoms with Gasteiger partial charge in [0.2, 0.25) is 0 Å². The number of hydrogen-bond acceptors (Lipinski definition) is 2. The summed E-state index contributed by atoms with van der Waals surface area (Å²) in [7, 11) is 0. The van der Waals surface area contributed by atoms with Crippen LogP contribution in [0.15, 0.2) is 164 Å². The van der Waals surface area contributed by atoms with Gasteiger partial charge in [0, 0.05) is 54.8 Å². The Bertz CT molecular complexity index is 3260. The van der Waals surface area contributed by atoms with Crippen molar-refractivity contribution < 1.29 is 0 Å². The van der Waals surface area contributed by atoms with Crippen molar-refractivity contribution in [2.24, 2.45) is 0 Å². The van der Waals surface area contributed by atoms with E-state index in [1.165, 1.54) is 54.4 Å². The van der Waals surface area contributed by atoms with Gasteiger partial charge in [-0.25, -0.2) is 9.97 Å². The van der Waals surface area contributed by atoms with Crippen molar-refractivity contribution in [2.75, 3.05) is 0 Å². The number of hydrogen-bond donors (Lipinski definition) is 0. The summed E-state index contributed by atoms with van der Waals surface area (Å²) in [5.74, 6) is 1.67. The second-order valence-corrected chi connectivity index (χ2v) is 14.1. The van der Waals surface area contributed by atoms with E-state index in [1.54, 1.807) is 0 Å². The number of aryl methyl sites for hydroxylation is 1. The first-order chi connectivity index (χ1) is 26.7. The van der Waals surface area contributed by atoms with E-state index in [0.717, 1.165) is 57.3 Å². The quantitative estimate of drug-likeness (QED) is 0.180. The minimum Gasteiger partial charge on any atom is -0.309 e. The molecule has 0 saturated heterocycles.